The van der Waals surface area contributed by atoms with Crippen molar-refractivity contribution < 1.29 is 0 Å². The number of nitrogens with one attached hydrogen (secondary N) is 2. The first kappa shape index (κ1) is 12.7. The van der Waals surface area contributed by atoms with Crippen LogP contribution in [0.4, 0.5) is 5.69 Å². The molecular formula is C18H26N2. The summed E-state index contributed by atoms with van der Waals surface area (Å²) in [5.74, 6) is 3.99. The molecule has 20 heavy (non-hydrogen) atoms. The standard InChI is InChI=1S/C18H26N2/c1-19-11-14-4-2-3-5-17(14)20-18-15-7-12-6-13(9-15)10-16(18)8-12/h2-5,12-13,15-16,18-20H,6-11H2,1H3. The zero-order chi connectivity index (χ0) is 13.5. The van der Waals surface area contributed by atoms with Gasteiger partial charge >= 0.3 is 0 Å². The zero-order valence-corrected chi connectivity index (χ0v) is 12.4. The highest BCUT2D eigenvalue weighted by Gasteiger charge is 2.48. The summed E-state index contributed by atoms with van der Waals surface area (Å²) in [6, 6.07) is 9.56. The van der Waals surface area contributed by atoms with Gasteiger partial charge in [-0.1, -0.05) is 18.2 Å². The van der Waals surface area contributed by atoms with Gasteiger partial charge in [0.25, 0.3) is 0 Å². The maximum absolute atomic E-state index is 3.94. The quantitative estimate of drug-likeness (QED) is 0.873. The minimum Gasteiger partial charge on any atom is -0.381 e. The largest absolute Gasteiger partial charge is 0.381 e. The van der Waals surface area contributed by atoms with Crippen molar-refractivity contribution in [1.29, 1.82) is 0 Å². The van der Waals surface area contributed by atoms with E-state index < -0.39 is 0 Å². The van der Waals surface area contributed by atoms with E-state index in [9.17, 15) is 0 Å². The molecule has 4 aliphatic rings. The molecule has 2 N–H and O–H groups in total. The Morgan fingerprint density at radius 3 is 2.25 bits per heavy atom. The van der Waals surface area contributed by atoms with Crippen LogP contribution in [0.15, 0.2) is 24.3 Å². The summed E-state index contributed by atoms with van der Waals surface area (Å²) in [5, 5.41) is 7.22. The Morgan fingerprint density at radius 2 is 1.60 bits per heavy atom. The van der Waals surface area contributed by atoms with Gasteiger partial charge in [-0.3, -0.25) is 0 Å². The lowest BCUT2D eigenvalue weighted by atomic mass is 9.54. The van der Waals surface area contributed by atoms with Crippen LogP contribution < -0.4 is 10.6 Å². The van der Waals surface area contributed by atoms with E-state index in [1.165, 1.54) is 43.4 Å². The van der Waals surface area contributed by atoms with E-state index in [-0.39, 0.29) is 0 Å². The lowest BCUT2D eigenvalue weighted by molar-refractivity contribution is 0.00751. The van der Waals surface area contributed by atoms with Crippen LogP contribution in [0.25, 0.3) is 0 Å². The van der Waals surface area contributed by atoms with Gasteiger partial charge in [0.2, 0.25) is 0 Å². The third kappa shape index (κ3) is 2.14. The number of anilines is 1. The van der Waals surface area contributed by atoms with E-state index >= 15 is 0 Å². The number of hydrogen-bond acceptors (Lipinski definition) is 2. The molecule has 5 rings (SSSR count). The highest BCUT2D eigenvalue weighted by molar-refractivity contribution is 5.52. The van der Waals surface area contributed by atoms with Crippen LogP contribution in [0.1, 0.15) is 37.7 Å². The van der Waals surface area contributed by atoms with Gasteiger partial charge in [0.1, 0.15) is 0 Å². The number of benzene rings is 1. The molecule has 1 aromatic rings. The molecule has 2 heteroatoms. The molecule has 4 fully saturated rings. The molecule has 0 atom stereocenters. The summed E-state index contributed by atoms with van der Waals surface area (Å²) >= 11 is 0. The van der Waals surface area contributed by atoms with Gasteiger partial charge in [0, 0.05) is 18.3 Å². The maximum Gasteiger partial charge on any atom is 0.0388 e. The molecular weight excluding hydrogens is 244 g/mol. The third-order valence-corrected chi connectivity index (χ3v) is 5.93. The molecule has 108 valence electrons. The summed E-state index contributed by atoms with van der Waals surface area (Å²) < 4.78 is 0. The molecule has 0 spiro atoms. The van der Waals surface area contributed by atoms with Gasteiger partial charge < -0.3 is 10.6 Å². The molecule has 0 aliphatic heterocycles. The van der Waals surface area contributed by atoms with E-state index in [1.807, 2.05) is 7.05 Å². The fourth-order valence-electron chi connectivity index (χ4n) is 5.35. The molecule has 1 aromatic carbocycles. The molecule has 0 radical (unpaired) electrons. The lowest BCUT2D eigenvalue weighted by Gasteiger charge is -2.54. The first-order valence-corrected chi connectivity index (χ1v) is 8.32. The van der Waals surface area contributed by atoms with Gasteiger partial charge in [-0.25, -0.2) is 0 Å². The smallest absolute Gasteiger partial charge is 0.0388 e. The van der Waals surface area contributed by atoms with Crippen LogP contribution in [0.2, 0.25) is 0 Å². The van der Waals surface area contributed by atoms with E-state index in [4.69, 9.17) is 0 Å². The number of para-hydroxylation sites is 1. The summed E-state index contributed by atoms with van der Waals surface area (Å²) in [4.78, 5) is 0. The molecule has 2 nitrogen and oxygen atoms in total. The van der Waals surface area contributed by atoms with Crippen LogP contribution in [0.3, 0.4) is 0 Å². The summed E-state index contributed by atoms with van der Waals surface area (Å²) in [5.41, 5.74) is 2.77. The van der Waals surface area contributed by atoms with E-state index in [2.05, 4.69) is 34.9 Å². The van der Waals surface area contributed by atoms with Crippen molar-refractivity contribution in [1.82, 2.24) is 5.32 Å². The van der Waals surface area contributed by atoms with Crippen LogP contribution in [-0.2, 0) is 6.54 Å². The average Bonchev–Trinajstić information content (AvgIpc) is 2.44. The van der Waals surface area contributed by atoms with Crippen molar-refractivity contribution in [3.05, 3.63) is 29.8 Å². The fourth-order valence-corrected chi connectivity index (χ4v) is 5.35. The van der Waals surface area contributed by atoms with Gasteiger partial charge in [0.15, 0.2) is 0 Å². The molecule has 0 heterocycles. The Balaban J connectivity index is 1.54. The second-order valence-corrected chi connectivity index (χ2v) is 7.29. The second kappa shape index (κ2) is 5.07. The monoisotopic (exact) mass is 270 g/mol. The Bertz CT molecular complexity index is 454. The number of hydrogen-bond donors (Lipinski definition) is 2. The average molecular weight is 270 g/mol. The Hall–Kier alpha value is -1.02. The molecule has 4 saturated carbocycles. The molecule has 4 bridgehead atoms. The first-order valence-electron chi connectivity index (χ1n) is 8.32. The maximum atomic E-state index is 3.94. The first-order chi connectivity index (χ1) is 9.83. The van der Waals surface area contributed by atoms with Crippen molar-refractivity contribution in [2.45, 2.75) is 44.7 Å². The molecule has 0 unspecified atom stereocenters. The van der Waals surface area contributed by atoms with Gasteiger partial charge in [-0.2, -0.15) is 0 Å². The minimum absolute atomic E-state index is 0.737. The highest BCUT2D eigenvalue weighted by atomic mass is 15.0. The topological polar surface area (TPSA) is 24.1 Å². The van der Waals surface area contributed by atoms with E-state index in [0.29, 0.717) is 0 Å². The normalized spacial score (nSPS) is 38.1. The van der Waals surface area contributed by atoms with Crippen molar-refractivity contribution in [2.24, 2.45) is 23.7 Å². The lowest BCUT2D eigenvalue weighted by Crippen LogP contribution is -2.51. The van der Waals surface area contributed by atoms with Gasteiger partial charge in [-0.05, 0) is 74.5 Å². The van der Waals surface area contributed by atoms with Crippen molar-refractivity contribution in [3.8, 4) is 0 Å². The summed E-state index contributed by atoms with van der Waals surface area (Å²) in [6.45, 7) is 0.955. The van der Waals surface area contributed by atoms with E-state index in [0.717, 1.165) is 36.3 Å². The zero-order valence-electron chi connectivity index (χ0n) is 12.4. The molecule has 0 saturated heterocycles. The predicted octanol–water partition coefficient (Wildman–Crippen LogP) is 3.64. The molecule has 0 amide bonds. The third-order valence-electron chi connectivity index (χ3n) is 5.93. The molecule has 4 aliphatic carbocycles. The van der Waals surface area contributed by atoms with Crippen molar-refractivity contribution in [2.75, 3.05) is 12.4 Å². The van der Waals surface area contributed by atoms with E-state index in [1.54, 1.807) is 0 Å². The van der Waals surface area contributed by atoms with Crippen molar-refractivity contribution >= 4 is 5.69 Å². The predicted molar refractivity (Wildman–Crippen MR) is 83.7 cm³/mol. The minimum atomic E-state index is 0.737. The van der Waals surface area contributed by atoms with Gasteiger partial charge in [0.05, 0.1) is 0 Å². The summed E-state index contributed by atoms with van der Waals surface area (Å²) in [6.07, 6.45) is 7.48. The van der Waals surface area contributed by atoms with Crippen LogP contribution in [-0.4, -0.2) is 13.1 Å². The Labute approximate surface area is 122 Å². The van der Waals surface area contributed by atoms with Crippen LogP contribution in [0.5, 0.6) is 0 Å². The highest BCUT2D eigenvalue weighted by Crippen LogP contribution is 2.54. The Kier molecular flexibility index (Phi) is 3.22. The Morgan fingerprint density at radius 1 is 0.950 bits per heavy atom. The summed E-state index contributed by atoms with van der Waals surface area (Å²) in [7, 11) is 2.03. The molecule has 0 aromatic heterocycles. The SMILES string of the molecule is CNCc1ccccc1NC1C2CC3CC(C2)CC1C3. The fraction of sp³-hybridized carbons (Fsp3) is 0.667. The number of rotatable bonds is 4. The van der Waals surface area contributed by atoms with Crippen LogP contribution >= 0.6 is 0 Å². The van der Waals surface area contributed by atoms with Crippen LogP contribution in [0, 0.1) is 23.7 Å². The van der Waals surface area contributed by atoms with Gasteiger partial charge in [-0.15, -0.1) is 0 Å². The van der Waals surface area contributed by atoms with Crippen molar-refractivity contribution in [3.63, 3.8) is 0 Å². The second-order valence-electron chi connectivity index (χ2n) is 7.29.